The molecule has 2 bridgehead atoms. The van der Waals surface area contributed by atoms with E-state index in [2.05, 4.69) is 44.1 Å². The van der Waals surface area contributed by atoms with Crippen LogP contribution in [0.3, 0.4) is 0 Å². The van der Waals surface area contributed by atoms with Gasteiger partial charge in [-0.05, 0) is 87.8 Å². The second-order valence-corrected chi connectivity index (χ2v) is 11.7. The third kappa shape index (κ3) is 1.52. The van der Waals surface area contributed by atoms with Gasteiger partial charge in [0.05, 0.1) is 0 Å². The SMILES string of the molecule is CN[C@@H]1CC2=C3C(=CC2)C[C@@]2(C)[C@]4(CC[C@@H](C)[C@@]25CCC(C)=C5C4)[C@@H]3N2C[C@H]12. The Morgan fingerprint density at radius 3 is 2.89 bits per heavy atom. The highest BCUT2D eigenvalue weighted by Gasteiger charge is 2.77. The van der Waals surface area contributed by atoms with Crippen LogP contribution in [-0.4, -0.2) is 36.6 Å². The number of hydrogen-bond donors (Lipinski definition) is 1. The van der Waals surface area contributed by atoms with Crippen LogP contribution < -0.4 is 5.32 Å². The molecule has 1 spiro atoms. The Hall–Kier alpha value is -0.860. The van der Waals surface area contributed by atoms with Gasteiger partial charge in [-0.25, -0.2) is 0 Å². The van der Waals surface area contributed by atoms with E-state index in [1.807, 2.05) is 11.1 Å². The molecule has 0 aromatic heterocycles. The van der Waals surface area contributed by atoms with Gasteiger partial charge in [-0.2, -0.15) is 0 Å². The topological polar surface area (TPSA) is 15.0 Å². The highest BCUT2D eigenvalue weighted by atomic mass is 15.4. The molecule has 5 aliphatic carbocycles. The van der Waals surface area contributed by atoms with Crippen LogP contribution in [0.25, 0.3) is 0 Å². The zero-order valence-corrected chi connectivity index (χ0v) is 18.2. The molecule has 7 aliphatic rings. The van der Waals surface area contributed by atoms with Crippen LogP contribution in [0.2, 0.25) is 0 Å². The van der Waals surface area contributed by atoms with E-state index in [1.165, 1.54) is 57.9 Å². The van der Waals surface area contributed by atoms with Crippen molar-refractivity contribution < 1.29 is 0 Å². The lowest BCUT2D eigenvalue weighted by Gasteiger charge is -2.64. The minimum atomic E-state index is 0.465. The summed E-state index contributed by atoms with van der Waals surface area (Å²) in [6.45, 7) is 9.20. The molecule has 7 rings (SSSR count). The molecule has 2 aliphatic heterocycles. The number of fused-ring (bicyclic) bond motifs is 2. The van der Waals surface area contributed by atoms with Crippen molar-refractivity contribution >= 4 is 0 Å². The Bertz CT molecular complexity index is 892. The summed E-state index contributed by atoms with van der Waals surface area (Å²) in [6, 6.07) is 2.17. The average molecular weight is 377 g/mol. The van der Waals surface area contributed by atoms with Gasteiger partial charge in [0.15, 0.2) is 0 Å². The minimum absolute atomic E-state index is 0.465. The van der Waals surface area contributed by atoms with Crippen LogP contribution >= 0.6 is 0 Å². The number of hydrogen-bond acceptors (Lipinski definition) is 2. The van der Waals surface area contributed by atoms with Gasteiger partial charge in [-0.15, -0.1) is 0 Å². The maximum absolute atomic E-state index is 3.69. The molecule has 1 N–H and O–H groups in total. The van der Waals surface area contributed by atoms with Gasteiger partial charge in [-0.1, -0.05) is 36.6 Å². The fraction of sp³-hybridized carbons (Fsp3) is 0.769. The summed E-state index contributed by atoms with van der Waals surface area (Å²) in [6.07, 6.45) is 13.7. The monoisotopic (exact) mass is 376 g/mol. The normalized spacial score (nSPS) is 55.4. The zero-order chi connectivity index (χ0) is 19.1. The lowest BCUT2D eigenvalue weighted by molar-refractivity contribution is -0.116. The predicted octanol–water partition coefficient (Wildman–Crippen LogP) is 4.98. The van der Waals surface area contributed by atoms with E-state index in [4.69, 9.17) is 0 Å². The molecule has 0 radical (unpaired) electrons. The summed E-state index contributed by atoms with van der Waals surface area (Å²) in [4.78, 5) is 2.96. The van der Waals surface area contributed by atoms with Crippen LogP contribution in [0.5, 0.6) is 0 Å². The number of nitrogens with one attached hydrogen (secondary N) is 1. The first-order valence-corrected chi connectivity index (χ1v) is 12.0. The molecule has 1 unspecified atom stereocenters. The first-order valence-electron chi connectivity index (χ1n) is 12.0. The lowest BCUT2D eigenvalue weighted by atomic mass is 9.41. The average Bonchev–Trinajstić information content (AvgIpc) is 3.25. The largest absolute Gasteiger partial charge is 0.315 e. The summed E-state index contributed by atoms with van der Waals surface area (Å²) < 4.78 is 0. The van der Waals surface area contributed by atoms with E-state index in [1.54, 1.807) is 16.7 Å². The van der Waals surface area contributed by atoms with E-state index in [0.29, 0.717) is 28.3 Å². The molecular formula is C26H36N2. The van der Waals surface area contributed by atoms with Gasteiger partial charge in [0.25, 0.3) is 0 Å². The quantitative estimate of drug-likeness (QED) is 0.512. The second kappa shape index (κ2) is 4.89. The van der Waals surface area contributed by atoms with Crippen LogP contribution in [0.15, 0.2) is 33.9 Å². The summed E-state index contributed by atoms with van der Waals surface area (Å²) in [7, 11) is 2.19. The molecule has 8 atom stereocenters. The van der Waals surface area contributed by atoms with Crippen LogP contribution in [0, 0.1) is 22.2 Å². The maximum Gasteiger partial charge on any atom is 0.0420 e. The van der Waals surface area contributed by atoms with E-state index in [-0.39, 0.29) is 0 Å². The molecule has 1 saturated heterocycles. The predicted molar refractivity (Wildman–Crippen MR) is 114 cm³/mol. The molecule has 0 aromatic carbocycles. The minimum Gasteiger partial charge on any atom is -0.315 e. The van der Waals surface area contributed by atoms with E-state index in [0.717, 1.165) is 12.0 Å². The third-order valence-corrected chi connectivity index (χ3v) is 11.4. The number of nitrogens with zero attached hydrogens (tertiary/aromatic N) is 1. The number of rotatable bonds is 1. The van der Waals surface area contributed by atoms with Crippen molar-refractivity contribution in [3.8, 4) is 0 Å². The molecule has 28 heavy (non-hydrogen) atoms. The summed E-state index contributed by atoms with van der Waals surface area (Å²) in [5, 5.41) is 3.69. The Labute approximate surface area is 170 Å². The molecule has 2 heterocycles. The van der Waals surface area contributed by atoms with Crippen molar-refractivity contribution in [2.45, 2.75) is 90.3 Å². The van der Waals surface area contributed by atoms with Crippen molar-refractivity contribution in [2.24, 2.45) is 22.2 Å². The Balaban J connectivity index is 1.48. The molecule has 2 heteroatoms. The van der Waals surface area contributed by atoms with Crippen LogP contribution in [-0.2, 0) is 0 Å². The summed E-state index contributed by atoms with van der Waals surface area (Å²) >= 11 is 0. The fourth-order valence-electron chi connectivity index (χ4n) is 10.1. The van der Waals surface area contributed by atoms with Crippen LogP contribution in [0.4, 0.5) is 0 Å². The maximum atomic E-state index is 3.69. The van der Waals surface area contributed by atoms with Gasteiger partial charge in [-0.3, -0.25) is 4.90 Å². The lowest BCUT2D eigenvalue weighted by Crippen LogP contribution is -2.61. The molecular weight excluding hydrogens is 340 g/mol. The molecule has 0 amide bonds. The highest BCUT2D eigenvalue weighted by molar-refractivity contribution is 5.57. The van der Waals surface area contributed by atoms with Crippen molar-refractivity contribution in [3.63, 3.8) is 0 Å². The molecule has 0 aromatic rings. The molecule has 3 saturated carbocycles. The first kappa shape index (κ1) is 16.9. The highest BCUT2D eigenvalue weighted by Crippen LogP contribution is 2.83. The van der Waals surface area contributed by atoms with Crippen LogP contribution in [0.1, 0.15) is 72.1 Å². The Morgan fingerprint density at radius 2 is 2.07 bits per heavy atom. The van der Waals surface area contributed by atoms with Gasteiger partial charge in [0.2, 0.25) is 0 Å². The number of allylic oxidation sites excluding steroid dienone is 3. The van der Waals surface area contributed by atoms with Crippen molar-refractivity contribution in [1.29, 1.82) is 0 Å². The third-order valence-electron chi connectivity index (χ3n) is 11.4. The molecule has 4 fully saturated rings. The van der Waals surface area contributed by atoms with Crippen molar-refractivity contribution in [2.75, 3.05) is 13.6 Å². The van der Waals surface area contributed by atoms with E-state index < -0.39 is 0 Å². The van der Waals surface area contributed by atoms with E-state index in [9.17, 15) is 0 Å². The summed E-state index contributed by atoms with van der Waals surface area (Å²) in [5.74, 6) is 0.869. The van der Waals surface area contributed by atoms with Gasteiger partial charge >= 0.3 is 0 Å². The summed E-state index contributed by atoms with van der Waals surface area (Å²) in [5.41, 5.74) is 10.6. The fourth-order valence-corrected chi connectivity index (χ4v) is 10.1. The van der Waals surface area contributed by atoms with E-state index >= 15 is 0 Å². The standard InChI is InChI=1S/C26H36N2/c1-15-7-10-26-16(2)8-9-25(13-19(15)26)23-22-17(5-6-18(22)12-24(25,26)3)11-20(27-4)21-14-28(21)23/h6,16,20-21,23,27H,5,7-14H2,1-4H3/t16-,20-,21-,23-,24+,25+,26-,28?/m1/s1. The van der Waals surface area contributed by atoms with Gasteiger partial charge in [0, 0.05) is 35.5 Å². The number of likely N-dealkylation sites (N-methyl/N-ethyl adjacent to an activating group) is 1. The first-order chi connectivity index (χ1) is 13.5. The van der Waals surface area contributed by atoms with Gasteiger partial charge < -0.3 is 5.32 Å². The zero-order valence-electron chi connectivity index (χ0n) is 18.2. The molecule has 2 nitrogen and oxygen atoms in total. The van der Waals surface area contributed by atoms with Gasteiger partial charge in [0.1, 0.15) is 0 Å². The van der Waals surface area contributed by atoms with Crippen molar-refractivity contribution in [1.82, 2.24) is 10.2 Å². The molecule has 150 valence electrons. The Kier molecular flexibility index (Phi) is 2.95. The van der Waals surface area contributed by atoms with Crippen molar-refractivity contribution in [3.05, 3.63) is 33.9 Å². The second-order valence-electron chi connectivity index (χ2n) is 11.7. The Morgan fingerprint density at radius 1 is 1.21 bits per heavy atom. The smallest absolute Gasteiger partial charge is 0.0420 e.